The van der Waals surface area contributed by atoms with Gasteiger partial charge in [-0.25, -0.2) is 14.6 Å². The largest absolute Gasteiger partial charge is 0.423 e. The van der Waals surface area contributed by atoms with Crippen LogP contribution in [-0.2, 0) is 4.74 Å². The number of aromatic nitrogens is 5. The maximum absolute atomic E-state index is 6.38. The Morgan fingerprint density at radius 3 is 2.51 bits per heavy atom. The predicted molar refractivity (Wildman–Crippen MR) is 151 cm³/mol. The molecule has 0 amide bonds. The minimum Gasteiger partial charge on any atom is -0.423 e. The molecule has 0 spiro atoms. The van der Waals surface area contributed by atoms with E-state index in [1.165, 1.54) is 6.33 Å². The van der Waals surface area contributed by atoms with Gasteiger partial charge in [-0.15, -0.1) is 0 Å². The summed E-state index contributed by atoms with van der Waals surface area (Å²) in [6, 6.07) is 15.4. The van der Waals surface area contributed by atoms with E-state index in [0.717, 1.165) is 96.6 Å². The van der Waals surface area contributed by atoms with Crippen LogP contribution in [0.2, 0.25) is 0 Å². The van der Waals surface area contributed by atoms with Crippen LogP contribution < -0.4 is 11.1 Å². The van der Waals surface area contributed by atoms with Crippen LogP contribution in [0.3, 0.4) is 0 Å². The summed E-state index contributed by atoms with van der Waals surface area (Å²) in [5, 5.41) is 9.15. The van der Waals surface area contributed by atoms with Crippen LogP contribution in [0.25, 0.3) is 33.4 Å². The van der Waals surface area contributed by atoms with Gasteiger partial charge in [-0.1, -0.05) is 18.2 Å². The summed E-state index contributed by atoms with van der Waals surface area (Å²) < 4.78 is 13.5. The lowest BCUT2D eigenvalue weighted by atomic mass is 9.90. The van der Waals surface area contributed by atoms with Gasteiger partial charge in [-0.3, -0.25) is 4.90 Å². The van der Waals surface area contributed by atoms with Crippen molar-refractivity contribution in [1.82, 2.24) is 29.6 Å². The first-order chi connectivity index (χ1) is 19.1. The first-order valence-corrected chi connectivity index (χ1v) is 13.7. The number of nitrogens with zero attached hydrogens (tertiary/aromatic N) is 6. The van der Waals surface area contributed by atoms with Gasteiger partial charge >= 0.3 is 0 Å². The van der Waals surface area contributed by atoms with Crippen molar-refractivity contribution in [2.75, 3.05) is 37.4 Å². The van der Waals surface area contributed by atoms with Crippen LogP contribution in [0.4, 0.5) is 17.5 Å². The molecule has 2 aromatic carbocycles. The van der Waals surface area contributed by atoms with Gasteiger partial charge in [0.05, 0.1) is 24.6 Å². The van der Waals surface area contributed by atoms with Gasteiger partial charge in [0, 0.05) is 30.4 Å². The molecular weight excluding hydrogens is 492 g/mol. The summed E-state index contributed by atoms with van der Waals surface area (Å²) in [4.78, 5) is 16.1. The molecule has 1 saturated heterocycles. The Hall–Kier alpha value is -4.02. The van der Waals surface area contributed by atoms with E-state index in [0.29, 0.717) is 17.9 Å². The van der Waals surface area contributed by atoms with Gasteiger partial charge in [0.15, 0.2) is 11.2 Å². The summed E-state index contributed by atoms with van der Waals surface area (Å²) in [6.45, 7) is 5.78. The number of oxazole rings is 1. The van der Waals surface area contributed by atoms with Crippen molar-refractivity contribution < 1.29 is 9.15 Å². The highest BCUT2D eigenvalue weighted by molar-refractivity contribution is 5.98. The number of hydrogen-bond acceptors (Lipinski definition) is 9. The standard InChI is InChI=1S/C29H32N8O2/c1-18-2-11-24-23(16-18)34-29(39-24)33-20-5-3-19(4-6-20)26-25-27(30)31-17-32-28(25)37(35-26)22-9-7-21(8-10-22)36-12-14-38-15-13-36/h2-6,11,16-17,21-22H,7-10,12-15H2,1H3,(H,33,34)(H2,30,31,32). The number of nitrogen functional groups attached to an aromatic ring is 1. The molecule has 2 fully saturated rings. The fourth-order valence-corrected chi connectivity index (χ4v) is 5.99. The number of rotatable bonds is 5. The highest BCUT2D eigenvalue weighted by Gasteiger charge is 2.30. The number of nitrogens with two attached hydrogens (primary N) is 1. The highest BCUT2D eigenvalue weighted by Crippen LogP contribution is 2.37. The van der Waals surface area contributed by atoms with Crippen LogP contribution in [0.1, 0.15) is 37.3 Å². The molecule has 4 heterocycles. The van der Waals surface area contributed by atoms with Crippen LogP contribution in [0, 0.1) is 6.92 Å². The van der Waals surface area contributed by atoms with Crippen molar-refractivity contribution in [3.63, 3.8) is 0 Å². The molecule has 7 rings (SSSR count). The predicted octanol–water partition coefficient (Wildman–Crippen LogP) is 5.08. The lowest BCUT2D eigenvalue weighted by Gasteiger charge is -2.38. The van der Waals surface area contributed by atoms with Crippen LogP contribution in [-0.4, -0.2) is 62.0 Å². The zero-order chi connectivity index (χ0) is 26.3. The average molecular weight is 525 g/mol. The maximum atomic E-state index is 6.38. The fraction of sp³-hybridized carbons (Fsp3) is 0.379. The monoisotopic (exact) mass is 524 g/mol. The highest BCUT2D eigenvalue weighted by atomic mass is 16.5. The van der Waals surface area contributed by atoms with E-state index in [9.17, 15) is 0 Å². The molecule has 10 heteroatoms. The molecule has 0 bridgehead atoms. The molecule has 3 N–H and O–H groups in total. The van der Waals surface area contributed by atoms with Crippen molar-refractivity contribution in [1.29, 1.82) is 0 Å². The number of hydrogen-bond donors (Lipinski definition) is 2. The summed E-state index contributed by atoms with van der Waals surface area (Å²) in [5.74, 6) is 0.451. The van der Waals surface area contributed by atoms with E-state index in [4.69, 9.17) is 20.0 Å². The van der Waals surface area contributed by atoms with Gasteiger partial charge in [0.2, 0.25) is 0 Å². The van der Waals surface area contributed by atoms with Crippen molar-refractivity contribution in [3.05, 3.63) is 54.4 Å². The van der Waals surface area contributed by atoms with Gasteiger partial charge in [0.25, 0.3) is 6.01 Å². The first kappa shape index (κ1) is 24.1. The number of fused-ring (bicyclic) bond motifs is 2. The lowest BCUT2D eigenvalue weighted by Crippen LogP contribution is -2.45. The first-order valence-electron chi connectivity index (χ1n) is 13.7. The summed E-state index contributed by atoms with van der Waals surface area (Å²) >= 11 is 0. The zero-order valence-corrected chi connectivity index (χ0v) is 22.0. The number of ether oxygens (including phenoxy) is 1. The minimum atomic E-state index is 0.288. The van der Waals surface area contributed by atoms with E-state index >= 15 is 0 Å². The van der Waals surface area contributed by atoms with Crippen LogP contribution in [0.15, 0.2) is 53.2 Å². The third kappa shape index (κ3) is 4.59. The molecule has 3 aromatic heterocycles. The molecule has 0 unspecified atom stereocenters. The minimum absolute atomic E-state index is 0.288. The van der Waals surface area contributed by atoms with E-state index in [1.54, 1.807) is 0 Å². The Morgan fingerprint density at radius 1 is 0.949 bits per heavy atom. The van der Waals surface area contributed by atoms with Gasteiger partial charge in [-0.2, -0.15) is 10.1 Å². The van der Waals surface area contributed by atoms with Gasteiger partial charge in [-0.05, 0) is 62.4 Å². The van der Waals surface area contributed by atoms with Crippen molar-refractivity contribution >= 4 is 39.7 Å². The Kier molecular flexibility index (Phi) is 6.13. The molecule has 200 valence electrons. The fourth-order valence-electron chi connectivity index (χ4n) is 5.99. The zero-order valence-electron chi connectivity index (χ0n) is 22.0. The Labute approximate surface area is 226 Å². The number of nitrogens with one attached hydrogen (secondary N) is 1. The van der Waals surface area contributed by atoms with E-state index in [-0.39, 0.29) is 6.04 Å². The molecule has 1 saturated carbocycles. The van der Waals surface area contributed by atoms with Crippen molar-refractivity contribution in [2.45, 2.75) is 44.7 Å². The smallest absolute Gasteiger partial charge is 0.300 e. The Balaban J connectivity index is 1.13. The molecule has 1 aliphatic carbocycles. The number of aryl methyl sites for hydroxylation is 1. The summed E-state index contributed by atoms with van der Waals surface area (Å²) in [7, 11) is 0. The topological polar surface area (TPSA) is 120 Å². The Morgan fingerprint density at radius 2 is 1.72 bits per heavy atom. The normalized spacial score (nSPS) is 20.5. The number of anilines is 3. The second-order valence-electron chi connectivity index (χ2n) is 10.6. The van der Waals surface area contributed by atoms with Crippen molar-refractivity contribution in [3.8, 4) is 11.3 Å². The van der Waals surface area contributed by atoms with Crippen LogP contribution in [0.5, 0.6) is 0 Å². The number of benzene rings is 2. The lowest BCUT2D eigenvalue weighted by molar-refractivity contribution is 0.00520. The molecule has 0 radical (unpaired) electrons. The SMILES string of the molecule is Cc1ccc2oc(Nc3ccc(-c4nn(C5CCC(N6CCOCC6)CC5)c5ncnc(N)c45)cc3)nc2c1. The maximum Gasteiger partial charge on any atom is 0.300 e. The van der Waals surface area contributed by atoms with Gasteiger partial charge in [0.1, 0.15) is 23.4 Å². The van der Waals surface area contributed by atoms with Crippen LogP contribution >= 0.6 is 0 Å². The molecule has 0 atom stereocenters. The van der Waals surface area contributed by atoms with E-state index in [2.05, 4.69) is 29.9 Å². The second kappa shape index (κ2) is 9.94. The number of morpholine rings is 1. The van der Waals surface area contributed by atoms with E-state index in [1.807, 2.05) is 49.4 Å². The Bertz CT molecular complexity index is 1610. The quantitative estimate of drug-likeness (QED) is 0.324. The molecule has 10 nitrogen and oxygen atoms in total. The molecule has 39 heavy (non-hydrogen) atoms. The van der Waals surface area contributed by atoms with E-state index < -0.39 is 0 Å². The third-order valence-corrected chi connectivity index (χ3v) is 8.04. The third-order valence-electron chi connectivity index (χ3n) is 8.04. The molecule has 5 aromatic rings. The molecular formula is C29H32N8O2. The summed E-state index contributed by atoms with van der Waals surface area (Å²) in [6.07, 6.45) is 5.97. The second-order valence-corrected chi connectivity index (χ2v) is 10.6. The molecule has 1 aliphatic heterocycles. The van der Waals surface area contributed by atoms with Crippen molar-refractivity contribution in [2.24, 2.45) is 0 Å². The average Bonchev–Trinajstić information content (AvgIpc) is 3.56. The summed E-state index contributed by atoms with van der Waals surface area (Å²) in [5.41, 5.74) is 12.6. The molecule has 2 aliphatic rings. The van der Waals surface area contributed by atoms with Gasteiger partial charge < -0.3 is 20.2 Å².